The maximum atomic E-state index is 12.0. The maximum absolute atomic E-state index is 12.0. The van der Waals surface area contributed by atoms with E-state index in [2.05, 4.69) is 0 Å². The van der Waals surface area contributed by atoms with Gasteiger partial charge >= 0.3 is 0 Å². The molecule has 4 heteroatoms. The molecular weight excluding hydrogens is 268 g/mol. The number of nitrogens with zero attached hydrogens (tertiary/aromatic N) is 2. The average molecular weight is 276 g/mol. The van der Waals surface area contributed by atoms with Crippen molar-refractivity contribution in [3.05, 3.63) is 52.4 Å². The first-order valence-electron chi connectivity index (χ1n) is 6.00. The van der Waals surface area contributed by atoms with E-state index < -0.39 is 0 Å². The van der Waals surface area contributed by atoms with Gasteiger partial charge in [0.15, 0.2) is 5.78 Å². The summed E-state index contributed by atoms with van der Waals surface area (Å²) in [6.45, 7) is 0. The number of ketones is 1. The van der Waals surface area contributed by atoms with Crippen molar-refractivity contribution in [1.82, 2.24) is 0 Å². The Morgan fingerprint density at radius 2 is 1.85 bits per heavy atom. The minimum atomic E-state index is -0.00909. The van der Waals surface area contributed by atoms with E-state index in [-0.39, 0.29) is 17.8 Å². The van der Waals surface area contributed by atoms with Gasteiger partial charge in [-0.3, -0.25) is 4.79 Å². The summed E-state index contributed by atoms with van der Waals surface area (Å²) in [6.07, 6.45) is 0.159. The Hall–Kier alpha value is -2.69. The Morgan fingerprint density at radius 1 is 1.15 bits per heavy atom. The van der Waals surface area contributed by atoms with Crippen molar-refractivity contribution in [2.45, 2.75) is 6.42 Å². The van der Waals surface area contributed by atoms with Gasteiger partial charge < -0.3 is 0 Å². The van der Waals surface area contributed by atoms with Crippen LogP contribution < -0.4 is 0 Å². The zero-order valence-electron chi connectivity index (χ0n) is 10.4. The van der Waals surface area contributed by atoms with E-state index in [0.29, 0.717) is 10.5 Å². The highest BCUT2D eigenvalue weighted by molar-refractivity contribution is 7.18. The molecule has 94 valence electrons. The number of nitriles is 2. The number of hydrogen-bond donors (Lipinski definition) is 0. The lowest BCUT2D eigenvalue weighted by Gasteiger charge is -1.97. The second-order valence-corrected chi connectivity index (χ2v) is 5.45. The lowest BCUT2D eigenvalue weighted by atomic mass is 10.0. The largest absolute Gasteiger partial charge is 0.293 e. The van der Waals surface area contributed by atoms with E-state index in [4.69, 9.17) is 10.5 Å². The average Bonchev–Trinajstić information content (AvgIpc) is 3.04. The molecule has 0 N–H and O–H groups in total. The molecule has 20 heavy (non-hydrogen) atoms. The van der Waals surface area contributed by atoms with Crippen molar-refractivity contribution in [2.24, 2.45) is 0 Å². The SMILES string of the molecule is N#CC(C#N)=C1CC(=O)c2sc(-c3ccccc3)cc21. The van der Waals surface area contributed by atoms with Gasteiger partial charge in [0.2, 0.25) is 0 Å². The molecule has 1 aromatic carbocycles. The third-order valence-electron chi connectivity index (χ3n) is 3.23. The first-order valence-corrected chi connectivity index (χ1v) is 6.82. The number of Topliss-reactive ketones (excluding diaryl/α,β-unsaturated/α-hetero) is 1. The Morgan fingerprint density at radius 3 is 2.50 bits per heavy atom. The van der Waals surface area contributed by atoms with Crippen LogP contribution in [0.4, 0.5) is 0 Å². The van der Waals surface area contributed by atoms with Crippen LogP contribution in [-0.2, 0) is 0 Å². The quantitative estimate of drug-likeness (QED) is 0.744. The summed E-state index contributed by atoms with van der Waals surface area (Å²) in [6, 6.07) is 15.4. The molecule has 0 saturated carbocycles. The highest BCUT2D eigenvalue weighted by Gasteiger charge is 2.30. The number of allylic oxidation sites excluding steroid dienone is 2. The Balaban J connectivity index is 2.18. The summed E-state index contributed by atoms with van der Waals surface area (Å²) in [4.78, 5) is 13.7. The van der Waals surface area contributed by atoms with Gasteiger partial charge in [-0.05, 0) is 17.2 Å². The fraction of sp³-hybridized carbons (Fsp3) is 0.0625. The number of benzene rings is 1. The van der Waals surface area contributed by atoms with Gasteiger partial charge in [0, 0.05) is 16.9 Å². The van der Waals surface area contributed by atoms with Crippen LogP contribution >= 0.6 is 11.3 Å². The van der Waals surface area contributed by atoms with Crippen molar-refractivity contribution in [1.29, 1.82) is 10.5 Å². The first-order chi connectivity index (χ1) is 9.74. The Kier molecular flexibility index (Phi) is 2.95. The van der Waals surface area contributed by atoms with Crippen molar-refractivity contribution in [3.8, 4) is 22.6 Å². The van der Waals surface area contributed by atoms with Gasteiger partial charge in [0.05, 0.1) is 4.88 Å². The number of fused-ring (bicyclic) bond motifs is 1. The smallest absolute Gasteiger partial charge is 0.177 e. The van der Waals surface area contributed by atoms with Crippen molar-refractivity contribution >= 4 is 22.7 Å². The van der Waals surface area contributed by atoms with Crippen molar-refractivity contribution < 1.29 is 4.79 Å². The fourth-order valence-electron chi connectivity index (χ4n) is 2.29. The summed E-state index contributed by atoms with van der Waals surface area (Å²) in [5.74, 6) is -0.00909. The molecule has 3 rings (SSSR count). The molecule has 0 aliphatic heterocycles. The molecule has 0 radical (unpaired) electrons. The van der Waals surface area contributed by atoms with E-state index in [1.54, 1.807) is 0 Å². The molecule has 0 bridgehead atoms. The predicted octanol–water partition coefficient (Wildman–Crippen LogP) is 3.80. The Labute approximate surface area is 120 Å². The predicted molar refractivity (Wildman–Crippen MR) is 76.8 cm³/mol. The number of carbonyl (C=O) groups is 1. The van der Waals surface area contributed by atoms with Crippen LogP contribution in [0.5, 0.6) is 0 Å². The zero-order valence-corrected chi connectivity index (χ0v) is 11.2. The van der Waals surface area contributed by atoms with Crippen molar-refractivity contribution in [2.75, 3.05) is 0 Å². The van der Waals surface area contributed by atoms with E-state index in [0.717, 1.165) is 16.0 Å². The molecule has 0 amide bonds. The van der Waals surface area contributed by atoms with Gasteiger partial charge in [-0.25, -0.2) is 0 Å². The molecule has 3 nitrogen and oxygen atoms in total. The van der Waals surface area contributed by atoms with Crippen LogP contribution in [0.1, 0.15) is 21.7 Å². The number of hydrogen-bond acceptors (Lipinski definition) is 4. The standard InChI is InChI=1S/C16H8N2OS/c17-8-11(9-18)12-6-14(19)16-13(12)7-15(20-16)10-4-2-1-3-5-10/h1-5,7H,6H2. The summed E-state index contributed by atoms with van der Waals surface area (Å²) in [5.41, 5.74) is 2.38. The molecule has 1 aliphatic carbocycles. The molecular formula is C16H8N2OS. The van der Waals surface area contributed by atoms with Crippen LogP contribution in [0.25, 0.3) is 16.0 Å². The first kappa shape index (κ1) is 12.3. The van der Waals surface area contributed by atoms with Gasteiger partial charge in [-0.2, -0.15) is 10.5 Å². The molecule has 2 aromatic rings. The van der Waals surface area contributed by atoms with E-state index >= 15 is 0 Å². The van der Waals surface area contributed by atoms with Gasteiger partial charge in [-0.15, -0.1) is 11.3 Å². The summed E-state index contributed by atoms with van der Waals surface area (Å²) in [5, 5.41) is 18.0. The molecule has 0 saturated heterocycles. The lowest BCUT2D eigenvalue weighted by molar-refractivity contribution is 0.101. The summed E-state index contributed by atoms with van der Waals surface area (Å²) in [7, 11) is 0. The highest BCUT2D eigenvalue weighted by atomic mass is 32.1. The van der Waals surface area contributed by atoms with E-state index in [9.17, 15) is 4.79 Å². The molecule has 0 spiro atoms. The van der Waals surface area contributed by atoms with Crippen LogP contribution in [0.2, 0.25) is 0 Å². The molecule has 1 aliphatic rings. The second kappa shape index (κ2) is 4.77. The van der Waals surface area contributed by atoms with Gasteiger partial charge in [-0.1, -0.05) is 30.3 Å². The van der Waals surface area contributed by atoms with Crippen molar-refractivity contribution in [3.63, 3.8) is 0 Å². The maximum Gasteiger partial charge on any atom is 0.177 e. The minimum Gasteiger partial charge on any atom is -0.293 e. The second-order valence-electron chi connectivity index (χ2n) is 4.40. The van der Waals surface area contributed by atoms with Gasteiger partial charge in [0.1, 0.15) is 17.7 Å². The van der Waals surface area contributed by atoms with Crippen LogP contribution in [-0.4, -0.2) is 5.78 Å². The highest BCUT2D eigenvalue weighted by Crippen LogP contribution is 2.42. The number of thiophene rings is 1. The normalized spacial score (nSPS) is 12.7. The molecule has 1 aromatic heterocycles. The Bertz CT molecular complexity index is 800. The van der Waals surface area contributed by atoms with Crippen LogP contribution in [0.3, 0.4) is 0 Å². The summed E-state index contributed by atoms with van der Waals surface area (Å²) >= 11 is 1.42. The topological polar surface area (TPSA) is 64.7 Å². The minimum absolute atomic E-state index is 0.00909. The summed E-state index contributed by atoms with van der Waals surface area (Å²) < 4.78 is 0. The van der Waals surface area contributed by atoms with Crippen LogP contribution in [0.15, 0.2) is 42.0 Å². The molecule has 0 atom stereocenters. The number of rotatable bonds is 1. The zero-order chi connectivity index (χ0) is 14.1. The monoisotopic (exact) mass is 276 g/mol. The number of carbonyl (C=O) groups excluding carboxylic acids is 1. The van der Waals surface area contributed by atoms with Gasteiger partial charge in [0.25, 0.3) is 0 Å². The molecule has 1 heterocycles. The van der Waals surface area contributed by atoms with E-state index in [1.165, 1.54) is 11.3 Å². The molecule has 0 fully saturated rings. The van der Waals surface area contributed by atoms with E-state index in [1.807, 2.05) is 48.5 Å². The third-order valence-corrected chi connectivity index (χ3v) is 4.46. The molecule has 0 unspecified atom stereocenters. The fourth-order valence-corrected chi connectivity index (χ4v) is 3.41. The van der Waals surface area contributed by atoms with Crippen LogP contribution in [0, 0.1) is 22.7 Å². The third kappa shape index (κ3) is 1.84. The lowest BCUT2D eigenvalue weighted by Crippen LogP contribution is -1.87.